The van der Waals surface area contributed by atoms with Crippen molar-refractivity contribution in [3.8, 4) is 17.6 Å². The molecule has 0 radical (unpaired) electrons. The molecule has 0 atom stereocenters. The van der Waals surface area contributed by atoms with Crippen molar-refractivity contribution < 1.29 is 32.2 Å². The molecule has 0 bridgehead atoms. The Kier molecular flexibility index (Phi) is 9.80. The van der Waals surface area contributed by atoms with Crippen LogP contribution in [0, 0.1) is 25.2 Å². The van der Waals surface area contributed by atoms with Gasteiger partial charge in [-0.05, 0) is 79.9 Å². The second kappa shape index (κ2) is 13.0. The number of ether oxygens (including phenoxy) is 2. The summed E-state index contributed by atoms with van der Waals surface area (Å²) in [4.78, 5) is 25.1. The molecule has 0 saturated carbocycles. The minimum absolute atomic E-state index is 0.0484. The Morgan fingerprint density at radius 2 is 1.77 bits per heavy atom. The number of carbonyl (C=O) groups is 2. The van der Waals surface area contributed by atoms with E-state index in [1.54, 1.807) is 19.1 Å². The van der Waals surface area contributed by atoms with Crippen molar-refractivity contribution >= 4 is 40.9 Å². The van der Waals surface area contributed by atoms with Gasteiger partial charge in [0.25, 0.3) is 11.8 Å². The van der Waals surface area contributed by atoms with Crippen LogP contribution in [0.2, 0.25) is 5.02 Å². The number of rotatable bonds is 9. The molecule has 0 aliphatic rings. The first kappa shape index (κ1) is 30.1. The van der Waals surface area contributed by atoms with Gasteiger partial charge in [0.1, 0.15) is 11.6 Å². The third-order valence-corrected chi connectivity index (χ3v) is 5.96. The third kappa shape index (κ3) is 7.77. The maximum atomic E-state index is 13.0. The number of hydrogen-bond acceptors (Lipinski definition) is 5. The quantitative estimate of drug-likeness (QED) is 0.214. The minimum atomic E-state index is -4.59. The number of halogens is 4. The molecule has 0 aliphatic heterocycles. The minimum Gasteiger partial charge on any atom is -0.490 e. The molecule has 11 heteroatoms. The maximum absolute atomic E-state index is 13.0. The molecule has 0 saturated heterocycles. The van der Waals surface area contributed by atoms with Crippen LogP contribution in [-0.4, -0.2) is 25.0 Å². The molecule has 0 heterocycles. The van der Waals surface area contributed by atoms with Crippen molar-refractivity contribution in [1.29, 1.82) is 5.26 Å². The molecule has 0 aliphatic carbocycles. The Morgan fingerprint density at radius 3 is 2.45 bits per heavy atom. The summed E-state index contributed by atoms with van der Waals surface area (Å²) in [5.74, 6) is -1.09. The van der Waals surface area contributed by atoms with E-state index in [2.05, 4.69) is 10.6 Å². The standard InChI is InChI=1S/C29H25ClF3N3O4/c1-4-39-25-13-19(11-20(15-34)28(38)35-22-9-6-8-21(14-22)29(31,32)33)12-23(30)27(25)40-16-26(37)36-24-10-5-7-17(2)18(24)3/h5-14H,4,16H2,1-3H3,(H,35,38)(H,36,37)/b20-11+. The molecule has 3 rings (SSSR count). The predicted octanol–water partition coefficient (Wildman–Crippen LogP) is 6.94. The van der Waals surface area contributed by atoms with Gasteiger partial charge in [-0.25, -0.2) is 0 Å². The topological polar surface area (TPSA) is 100 Å². The maximum Gasteiger partial charge on any atom is 0.416 e. The Balaban J connectivity index is 1.79. The van der Waals surface area contributed by atoms with E-state index in [9.17, 15) is 28.0 Å². The first-order valence-electron chi connectivity index (χ1n) is 12.0. The van der Waals surface area contributed by atoms with Crippen LogP contribution in [0.5, 0.6) is 11.5 Å². The van der Waals surface area contributed by atoms with Crippen LogP contribution in [0.3, 0.4) is 0 Å². The third-order valence-electron chi connectivity index (χ3n) is 5.68. The molecule has 3 aromatic rings. The smallest absolute Gasteiger partial charge is 0.416 e. The Hall–Kier alpha value is -4.49. The molecular formula is C29H25ClF3N3O4. The summed E-state index contributed by atoms with van der Waals surface area (Å²) in [5.41, 5.74) is 1.41. The lowest BCUT2D eigenvalue weighted by Crippen LogP contribution is -2.21. The highest BCUT2D eigenvalue weighted by molar-refractivity contribution is 6.32. The number of anilines is 2. The highest BCUT2D eigenvalue weighted by Gasteiger charge is 2.30. The van der Waals surface area contributed by atoms with Crippen LogP contribution in [0.15, 0.2) is 60.2 Å². The van der Waals surface area contributed by atoms with Gasteiger partial charge in [-0.3, -0.25) is 9.59 Å². The van der Waals surface area contributed by atoms with Crippen molar-refractivity contribution in [1.82, 2.24) is 0 Å². The second-order valence-corrected chi connectivity index (χ2v) is 8.96. The van der Waals surface area contributed by atoms with Gasteiger partial charge in [-0.1, -0.05) is 29.8 Å². The van der Waals surface area contributed by atoms with Gasteiger partial charge in [-0.15, -0.1) is 0 Å². The van der Waals surface area contributed by atoms with Crippen LogP contribution in [0.1, 0.15) is 29.2 Å². The second-order valence-electron chi connectivity index (χ2n) is 8.55. The van der Waals surface area contributed by atoms with Gasteiger partial charge in [-0.2, -0.15) is 18.4 Å². The Bertz CT molecular complexity index is 1500. The molecule has 0 aromatic heterocycles. The van der Waals surface area contributed by atoms with Gasteiger partial charge in [0, 0.05) is 11.4 Å². The van der Waals surface area contributed by atoms with Crippen LogP contribution in [0.25, 0.3) is 6.08 Å². The van der Waals surface area contributed by atoms with Gasteiger partial charge >= 0.3 is 6.18 Å². The number of amides is 2. The van der Waals surface area contributed by atoms with E-state index in [0.717, 1.165) is 29.3 Å². The number of aryl methyl sites for hydroxylation is 1. The summed E-state index contributed by atoms with van der Waals surface area (Å²) in [6.07, 6.45) is -3.39. The Morgan fingerprint density at radius 1 is 1.05 bits per heavy atom. The van der Waals surface area contributed by atoms with E-state index in [1.807, 2.05) is 26.0 Å². The van der Waals surface area contributed by atoms with E-state index in [0.29, 0.717) is 5.69 Å². The van der Waals surface area contributed by atoms with E-state index >= 15 is 0 Å². The van der Waals surface area contributed by atoms with Crippen molar-refractivity contribution in [2.45, 2.75) is 26.9 Å². The summed E-state index contributed by atoms with van der Waals surface area (Å²) in [6, 6.07) is 14.2. The molecule has 2 amide bonds. The number of benzene rings is 3. The van der Waals surface area contributed by atoms with Crippen LogP contribution < -0.4 is 20.1 Å². The zero-order chi connectivity index (χ0) is 29.4. The summed E-state index contributed by atoms with van der Waals surface area (Å²) in [5, 5.41) is 14.6. The van der Waals surface area contributed by atoms with Gasteiger partial charge in [0.15, 0.2) is 18.1 Å². The molecule has 3 aromatic carbocycles. The molecule has 0 unspecified atom stereocenters. The molecule has 40 heavy (non-hydrogen) atoms. The van der Waals surface area contributed by atoms with Crippen LogP contribution in [-0.2, 0) is 15.8 Å². The monoisotopic (exact) mass is 571 g/mol. The van der Waals surface area contributed by atoms with Crippen molar-refractivity contribution in [3.05, 3.63) is 87.4 Å². The van der Waals surface area contributed by atoms with E-state index < -0.39 is 29.1 Å². The summed E-state index contributed by atoms with van der Waals surface area (Å²) < 4.78 is 50.2. The highest BCUT2D eigenvalue weighted by Crippen LogP contribution is 2.37. The fraction of sp³-hybridized carbons (Fsp3) is 0.207. The fourth-order valence-corrected chi connectivity index (χ4v) is 3.85. The summed E-state index contributed by atoms with van der Waals surface area (Å²) in [7, 11) is 0. The number of nitrogens with one attached hydrogen (secondary N) is 2. The van der Waals surface area contributed by atoms with E-state index in [4.69, 9.17) is 21.1 Å². The largest absolute Gasteiger partial charge is 0.490 e. The van der Waals surface area contributed by atoms with Crippen molar-refractivity contribution in [2.75, 3.05) is 23.8 Å². The normalized spacial score (nSPS) is 11.4. The van der Waals surface area contributed by atoms with Gasteiger partial charge in [0.2, 0.25) is 0 Å². The van der Waals surface area contributed by atoms with Crippen molar-refractivity contribution in [3.63, 3.8) is 0 Å². The SMILES string of the molecule is CCOc1cc(/C=C(\C#N)C(=O)Nc2cccc(C(F)(F)F)c2)cc(Cl)c1OCC(=O)Nc1cccc(C)c1C. The van der Waals surface area contributed by atoms with Gasteiger partial charge < -0.3 is 20.1 Å². The average Bonchev–Trinajstić information content (AvgIpc) is 2.89. The van der Waals surface area contributed by atoms with E-state index in [1.165, 1.54) is 24.3 Å². The predicted molar refractivity (Wildman–Crippen MR) is 146 cm³/mol. The number of nitrogens with zero attached hydrogens (tertiary/aromatic N) is 1. The van der Waals surface area contributed by atoms with Crippen LogP contribution in [0.4, 0.5) is 24.5 Å². The number of nitriles is 1. The summed E-state index contributed by atoms with van der Waals surface area (Å²) in [6.45, 7) is 5.38. The zero-order valence-electron chi connectivity index (χ0n) is 21.8. The van der Waals surface area contributed by atoms with E-state index in [-0.39, 0.29) is 41.0 Å². The van der Waals surface area contributed by atoms with Crippen molar-refractivity contribution in [2.24, 2.45) is 0 Å². The zero-order valence-corrected chi connectivity index (χ0v) is 22.5. The first-order valence-corrected chi connectivity index (χ1v) is 12.4. The van der Waals surface area contributed by atoms with Crippen LogP contribution >= 0.6 is 11.6 Å². The first-order chi connectivity index (χ1) is 18.9. The van der Waals surface area contributed by atoms with Gasteiger partial charge in [0.05, 0.1) is 17.2 Å². The molecule has 0 spiro atoms. The number of carbonyl (C=O) groups excluding carboxylic acids is 2. The number of hydrogen-bond donors (Lipinski definition) is 2. The lowest BCUT2D eigenvalue weighted by atomic mass is 10.1. The Labute approximate surface area is 234 Å². The lowest BCUT2D eigenvalue weighted by molar-refractivity contribution is -0.137. The fourth-order valence-electron chi connectivity index (χ4n) is 3.57. The lowest BCUT2D eigenvalue weighted by Gasteiger charge is -2.15. The average molecular weight is 572 g/mol. The molecular weight excluding hydrogens is 547 g/mol. The molecule has 0 fully saturated rings. The molecule has 208 valence electrons. The highest BCUT2D eigenvalue weighted by atomic mass is 35.5. The number of alkyl halides is 3. The molecule has 7 nitrogen and oxygen atoms in total. The molecule has 2 N–H and O–H groups in total. The summed E-state index contributed by atoms with van der Waals surface area (Å²) >= 11 is 6.40.